The summed E-state index contributed by atoms with van der Waals surface area (Å²) in [7, 11) is 0. The lowest BCUT2D eigenvalue weighted by Crippen LogP contribution is -2.77. The fourth-order valence-corrected chi connectivity index (χ4v) is 7.47. The Balaban J connectivity index is 1.82. The van der Waals surface area contributed by atoms with Crippen LogP contribution in [0.2, 0.25) is 0 Å². The van der Waals surface area contributed by atoms with Crippen LogP contribution in [0.25, 0.3) is 0 Å². The van der Waals surface area contributed by atoms with Crippen molar-refractivity contribution in [3.63, 3.8) is 0 Å². The average molecular weight is 539 g/mol. The first-order valence-electron chi connectivity index (χ1n) is 13.0. The molecule has 1 aromatic carbocycles. The van der Waals surface area contributed by atoms with E-state index >= 15 is 0 Å². The number of esters is 2. The molecule has 0 amide bonds. The van der Waals surface area contributed by atoms with E-state index in [0.717, 1.165) is 6.08 Å². The van der Waals surface area contributed by atoms with Crippen LogP contribution in [0.1, 0.15) is 44.0 Å². The largest absolute Gasteiger partial charge is 0.457 e. The monoisotopic (exact) mass is 538 g/mol. The van der Waals surface area contributed by atoms with E-state index in [9.17, 15) is 29.7 Å². The number of rotatable bonds is 5. The van der Waals surface area contributed by atoms with Crippen LogP contribution in [0.5, 0.6) is 0 Å². The predicted molar refractivity (Wildman–Crippen MR) is 138 cm³/mol. The predicted octanol–water partition coefficient (Wildman–Crippen LogP) is 2.05. The number of ketones is 1. The van der Waals surface area contributed by atoms with Gasteiger partial charge in [-0.25, -0.2) is 9.59 Å². The molecule has 3 N–H and O–H groups in total. The number of benzene rings is 1. The van der Waals surface area contributed by atoms with Crippen LogP contribution in [-0.4, -0.2) is 75.8 Å². The third-order valence-electron chi connectivity index (χ3n) is 9.58. The van der Waals surface area contributed by atoms with Crippen molar-refractivity contribution in [1.29, 1.82) is 0 Å². The number of aliphatic hydroxyl groups excluding tert-OH is 3. The smallest absolute Gasteiger partial charge is 0.338 e. The Kier molecular flexibility index (Phi) is 6.50. The van der Waals surface area contributed by atoms with Gasteiger partial charge in [-0.3, -0.25) is 4.79 Å². The number of Topliss-reactive ketones (excluding diaryl/α,β-unsaturated/α-hetero) is 1. The maximum Gasteiger partial charge on any atom is 0.338 e. The molecule has 39 heavy (non-hydrogen) atoms. The van der Waals surface area contributed by atoms with Crippen molar-refractivity contribution in [3.05, 3.63) is 71.8 Å². The normalized spacial score (nSPS) is 40.8. The van der Waals surface area contributed by atoms with Crippen LogP contribution in [0, 0.1) is 16.7 Å². The van der Waals surface area contributed by atoms with Crippen molar-refractivity contribution < 1.29 is 43.9 Å². The Labute approximate surface area is 226 Å². The quantitative estimate of drug-likeness (QED) is 0.292. The summed E-state index contributed by atoms with van der Waals surface area (Å²) in [4.78, 5) is 40.6. The van der Waals surface area contributed by atoms with E-state index in [2.05, 4.69) is 13.2 Å². The number of ether oxygens (including phenoxy) is 3. The van der Waals surface area contributed by atoms with E-state index in [0.29, 0.717) is 11.1 Å². The Hall–Kier alpha value is -3.11. The first-order chi connectivity index (χ1) is 18.4. The number of carbonyl (C=O) groups excluding carboxylic acids is 3. The zero-order valence-corrected chi connectivity index (χ0v) is 22.3. The average Bonchev–Trinajstić information content (AvgIpc) is 3.16. The van der Waals surface area contributed by atoms with Gasteiger partial charge < -0.3 is 29.5 Å². The molecule has 3 fully saturated rings. The van der Waals surface area contributed by atoms with Gasteiger partial charge in [0, 0.05) is 12.5 Å². The Morgan fingerprint density at radius 2 is 1.85 bits per heavy atom. The van der Waals surface area contributed by atoms with Gasteiger partial charge in [-0.1, -0.05) is 36.9 Å². The molecule has 9 nitrogen and oxygen atoms in total. The third kappa shape index (κ3) is 3.57. The molecule has 0 bridgehead atoms. The molecule has 1 heterocycles. The second kappa shape index (κ2) is 9.23. The number of fused-ring (bicyclic) bond motifs is 4. The lowest BCUT2D eigenvalue weighted by molar-refractivity contribution is -0.331. The van der Waals surface area contributed by atoms with Gasteiger partial charge in [-0.15, -0.1) is 0 Å². The van der Waals surface area contributed by atoms with Crippen molar-refractivity contribution in [2.45, 2.75) is 69.7 Å². The highest BCUT2D eigenvalue weighted by Gasteiger charge is 2.77. The van der Waals surface area contributed by atoms with Crippen LogP contribution in [0.15, 0.2) is 66.3 Å². The van der Waals surface area contributed by atoms with Crippen molar-refractivity contribution in [2.24, 2.45) is 16.7 Å². The van der Waals surface area contributed by atoms with Gasteiger partial charge in [-0.05, 0) is 50.5 Å². The molecule has 5 rings (SSSR count). The maximum absolute atomic E-state index is 14.2. The molecule has 208 valence electrons. The molecule has 9 heteroatoms. The van der Waals surface area contributed by atoms with Crippen molar-refractivity contribution in [3.8, 4) is 0 Å². The lowest BCUT2D eigenvalue weighted by atomic mass is 9.51. The van der Waals surface area contributed by atoms with E-state index in [1.807, 2.05) is 0 Å². The second-order valence-corrected chi connectivity index (χ2v) is 11.4. The summed E-state index contributed by atoms with van der Waals surface area (Å²) in [6, 6.07) is 8.26. The van der Waals surface area contributed by atoms with Crippen molar-refractivity contribution in [2.75, 3.05) is 6.61 Å². The van der Waals surface area contributed by atoms with Gasteiger partial charge in [0.1, 0.15) is 18.3 Å². The zero-order chi connectivity index (χ0) is 28.5. The van der Waals surface area contributed by atoms with E-state index in [-0.39, 0.29) is 30.6 Å². The minimum Gasteiger partial charge on any atom is -0.457 e. The maximum atomic E-state index is 14.2. The number of carbonyl (C=O) groups is 3. The van der Waals surface area contributed by atoms with Crippen LogP contribution < -0.4 is 0 Å². The molecular weight excluding hydrogens is 504 g/mol. The molecule has 1 aliphatic heterocycles. The molecule has 1 saturated heterocycles. The summed E-state index contributed by atoms with van der Waals surface area (Å²) in [5, 5.41) is 34.2. The van der Waals surface area contributed by atoms with E-state index < -0.39 is 70.6 Å². The summed E-state index contributed by atoms with van der Waals surface area (Å²) in [5.74, 6) is -3.37. The molecule has 0 radical (unpaired) electrons. The molecular formula is C30H34O9. The number of aliphatic hydroxyl groups is 3. The first-order valence-corrected chi connectivity index (χ1v) is 13.0. The Morgan fingerprint density at radius 3 is 2.41 bits per heavy atom. The minimum atomic E-state index is -1.73. The fraction of sp³-hybridized carbons (Fsp3) is 0.500. The second-order valence-electron chi connectivity index (χ2n) is 11.4. The third-order valence-corrected chi connectivity index (χ3v) is 9.58. The van der Waals surface area contributed by atoms with Gasteiger partial charge in [0.25, 0.3) is 0 Å². The van der Waals surface area contributed by atoms with E-state index in [4.69, 9.17) is 14.2 Å². The number of hydrogen-bond donors (Lipinski definition) is 3. The zero-order valence-electron chi connectivity index (χ0n) is 22.3. The molecule has 4 aliphatic rings. The van der Waals surface area contributed by atoms with E-state index in [1.165, 1.54) is 6.92 Å². The van der Waals surface area contributed by atoms with E-state index in [1.54, 1.807) is 44.2 Å². The molecule has 1 aromatic rings. The standard InChI is InChI=1S/C30H34O9/c1-6-21(33)39-30-14-37-20(30)12-19(32)28(5)24(30)26(38-27(36)17-10-8-7-9-11-17)29(15(2)3)13-18(31)16(4)22(29)23(34)25(28)35/h6-11,18-20,23-24,26,31-32,34H,1-2,12-14H2,3-5H3/t18-,19-,20+,23+,24-,26-,28+,29-,30-/m0/s1. The number of hydrogen-bond acceptors (Lipinski definition) is 9. The summed E-state index contributed by atoms with van der Waals surface area (Å²) >= 11 is 0. The molecule has 2 saturated carbocycles. The van der Waals surface area contributed by atoms with Gasteiger partial charge >= 0.3 is 11.9 Å². The molecule has 0 spiro atoms. The summed E-state index contributed by atoms with van der Waals surface area (Å²) < 4.78 is 18.0. The summed E-state index contributed by atoms with van der Waals surface area (Å²) in [6.45, 7) is 12.4. The first kappa shape index (κ1) is 27.5. The topological polar surface area (TPSA) is 140 Å². The van der Waals surface area contributed by atoms with Crippen molar-refractivity contribution >= 4 is 17.7 Å². The molecule has 3 aliphatic carbocycles. The molecule has 0 aromatic heterocycles. The molecule has 9 atom stereocenters. The highest BCUT2D eigenvalue weighted by atomic mass is 16.6. The fourth-order valence-electron chi connectivity index (χ4n) is 7.47. The lowest BCUT2D eigenvalue weighted by Gasteiger charge is -2.63. The summed E-state index contributed by atoms with van der Waals surface area (Å²) in [6.07, 6.45) is -5.28. The van der Waals surface area contributed by atoms with Crippen LogP contribution in [0.4, 0.5) is 0 Å². The highest BCUT2D eigenvalue weighted by molar-refractivity contribution is 5.95. The SMILES string of the molecule is C=CC(=O)O[C@@]12CO[C@@H]1C[C@H](O)[C@@]1(C)C(=O)[C@H](O)C3=C(C)[C@@H](O)C[C@@]3(C(=C)C)[C@@H](OC(=O)c3ccccc3)[C@H]21. The summed E-state index contributed by atoms with van der Waals surface area (Å²) in [5.41, 5.74) is -3.38. The van der Waals surface area contributed by atoms with Gasteiger partial charge in [-0.2, -0.15) is 0 Å². The Morgan fingerprint density at radius 1 is 1.18 bits per heavy atom. The van der Waals surface area contributed by atoms with Crippen LogP contribution in [-0.2, 0) is 23.8 Å². The molecule has 0 unspecified atom stereocenters. The minimum absolute atomic E-state index is 0.0275. The highest BCUT2D eigenvalue weighted by Crippen LogP contribution is 2.66. The van der Waals surface area contributed by atoms with Gasteiger partial charge in [0.2, 0.25) is 0 Å². The van der Waals surface area contributed by atoms with Gasteiger partial charge in [0.05, 0.1) is 41.1 Å². The van der Waals surface area contributed by atoms with Crippen LogP contribution >= 0.6 is 0 Å². The van der Waals surface area contributed by atoms with Gasteiger partial charge in [0.15, 0.2) is 11.4 Å². The van der Waals surface area contributed by atoms with Crippen molar-refractivity contribution in [1.82, 2.24) is 0 Å². The van der Waals surface area contributed by atoms with Crippen LogP contribution in [0.3, 0.4) is 0 Å². The Bertz CT molecular complexity index is 1280.